The normalized spacial score (nSPS) is 10.3. The zero-order valence-corrected chi connectivity index (χ0v) is 13.7. The van der Waals surface area contributed by atoms with Crippen molar-refractivity contribution in [1.82, 2.24) is 15.1 Å². The standard InChI is InChI=1S/C17H16N4O4/c1-11-19-15(21-25-11)10-24-14-6-4-3-5-13(14)17(22)20-12-7-8-16(23-2)18-9-12/h3-9H,10H2,1-2H3,(H,20,22). The fourth-order valence-corrected chi connectivity index (χ4v) is 2.10. The maximum absolute atomic E-state index is 12.5. The lowest BCUT2D eigenvalue weighted by molar-refractivity contribution is 0.102. The Labute approximate surface area is 143 Å². The SMILES string of the molecule is COc1ccc(NC(=O)c2ccccc2OCc2noc(C)n2)cn1. The Hall–Kier alpha value is -3.42. The van der Waals surface area contributed by atoms with Crippen molar-refractivity contribution in [3.63, 3.8) is 0 Å². The topological polar surface area (TPSA) is 99.4 Å². The van der Waals surface area contributed by atoms with Crippen LogP contribution in [0, 0.1) is 6.92 Å². The summed E-state index contributed by atoms with van der Waals surface area (Å²) in [4.78, 5) is 20.6. The lowest BCUT2D eigenvalue weighted by Gasteiger charge is -2.10. The number of carbonyl (C=O) groups is 1. The van der Waals surface area contributed by atoms with Crippen molar-refractivity contribution in [3.05, 3.63) is 59.9 Å². The van der Waals surface area contributed by atoms with E-state index in [1.165, 1.54) is 13.3 Å². The van der Waals surface area contributed by atoms with Crippen LogP contribution in [0.25, 0.3) is 0 Å². The molecule has 128 valence electrons. The van der Waals surface area contributed by atoms with Crippen LogP contribution in [-0.2, 0) is 6.61 Å². The van der Waals surface area contributed by atoms with Crippen LogP contribution in [0.5, 0.6) is 11.6 Å². The summed E-state index contributed by atoms with van der Waals surface area (Å²) in [6.45, 7) is 1.80. The number of aryl methyl sites for hydroxylation is 1. The number of amides is 1. The first-order valence-electron chi connectivity index (χ1n) is 7.48. The number of aromatic nitrogens is 3. The second kappa shape index (κ2) is 7.43. The number of hydrogen-bond acceptors (Lipinski definition) is 7. The lowest BCUT2D eigenvalue weighted by Crippen LogP contribution is -2.14. The highest BCUT2D eigenvalue weighted by Crippen LogP contribution is 2.21. The number of carbonyl (C=O) groups excluding carboxylic acids is 1. The fourth-order valence-electron chi connectivity index (χ4n) is 2.10. The fraction of sp³-hybridized carbons (Fsp3) is 0.176. The molecule has 0 aliphatic heterocycles. The van der Waals surface area contributed by atoms with E-state index in [0.717, 1.165) is 0 Å². The number of rotatable bonds is 6. The first kappa shape index (κ1) is 16.4. The van der Waals surface area contributed by atoms with Crippen LogP contribution in [0.2, 0.25) is 0 Å². The average Bonchev–Trinajstić information content (AvgIpc) is 3.06. The first-order chi connectivity index (χ1) is 12.2. The molecule has 0 aliphatic carbocycles. The van der Waals surface area contributed by atoms with E-state index in [1.807, 2.05) is 0 Å². The van der Waals surface area contributed by atoms with Crippen LogP contribution in [0.15, 0.2) is 47.1 Å². The molecule has 0 saturated heterocycles. The number of anilines is 1. The summed E-state index contributed by atoms with van der Waals surface area (Å²) in [6, 6.07) is 10.3. The van der Waals surface area contributed by atoms with E-state index >= 15 is 0 Å². The van der Waals surface area contributed by atoms with E-state index in [9.17, 15) is 4.79 Å². The molecule has 2 aromatic heterocycles. The molecule has 3 rings (SSSR count). The minimum atomic E-state index is -0.313. The molecule has 0 unspecified atom stereocenters. The number of ether oxygens (including phenoxy) is 2. The van der Waals surface area contributed by atoms with Crippen LogP contribution in [0.4, 0.5) is 5.69 Å². The number of nitrogens with zero attached hydrogens (tertiary/aromatic N) is 3. The number of para-hydroxylation sites is 1. The van der Waals surface area contributed by atoms with Gasteiger partial charge in [0.25, 0.3) is 5.91 Å². The quantitative estimate of drug-likeness (QED) is 0.736. The molecule has 0 bridgehead atoms. The van der Waals surface area contributed by atoms with E-state index in [-0.39, 0.29) is 12.5 Å². The van der Waals surface area contributed by atoms with Crippen LogP contribution in [0.3, 0.4) is 0 Å². The van der Waals surface area contributed by atoms with Crippen molar-refractivity contribution in [2.75, 3.05) is 12.4 Å². The minimum Gasteiger partial charge on any atom is -0.485 e. The van der Waals surface area contributed by atoms with Gasteiger partial charge in [0.05, 0.1) is 24.6 Å². The smallest absolute Gasteiger partial charge is 0.259 e. The van der Waals surface area contributed by atoms with E-state index in [2.05, 4.69) is 20.4 Å². The Balaban J connectivity index is 1.71. The largest absolute Gasteiger partial charge is 0.485 e. The monoisotopic (exact) mass is 340 g/mol. The van der Waals surface area contributed by atoms with Gasteiger partial charge >= 0.3 is 0 Å². The Morgan fingerprint density at radius 3 is 2.76 bits per heavy atom. The number of pyridine rings is 1. The summed E-state index contributed by atoms with van der Waals surface area (Å²) < 4.78 is 15.5. The number of benzene rings is 1. The van der Waals surface area contributed by atoms with Crippen LogP contribution in [-0.4, -0.2) is 28.1 Å². The summed E-state index contributed by atoms with van der Waals surface area (Å²) in [7, 11) is 1.53. The molecule has 0 radical (unpaired) electrons. The third-order valence-corrected chi connectivity index (χ3v) is 3.26. The van der Waals surface area contributed by atoms with Gasteiger partial charge < -0.3 is 19.3 Å². The molecule has 3 aromatic rings. The van der Waals surface area contributed by atoms with Gasteiger partial charge in [0, 0.05) is 13.0 Å². The minimum absolute atomic E-state index is 0.103. The van der Waals surface area contributed by atoms with E-state index in [4.69, 9.17) is 14.0 Å². The number of methoxy groups -OCH3 is 1. The molecular formula is C17H16N4O4. The molecule has 1 aromatic carbocycles. The Bertz CT molecular complexity index is 861. The second-order valence-electron chi connectivity index (χ2n) is 5.06. The van der Waals surface area contributed by atoms with E-state index in [1.54, 1.807) is 43.3 Å². The molecule has 0 atom stereocenters. The maximum Gasteiger partial charge on any atom is 0.259 e. The molecule has 8 heteroatoms. The van der Waals surface area contributed by atoms with Crippen LogP contribution in [0.1, 0.15) is 22.1 Å². The Morgan fingerprint density at radius 1 is 1.24 bits per heavy atom. The van der Waals surface area contributed by atoms with Gasteiger partial charge in [-0.1, -0.05) is 17.3 Å². The van der Waals surface area contributed by atoms with Crippen molar-refractivity contribution >= 4 is 11.6 Å². The third-order valence-electron chi connectivity index (χ3n) is 3.26. The molecule has 0 aliphatic rings. The molecule has 2 heterocycles. The zero-order valence-electron chi connectivity index (χ0n) is 13.7. The van der Waals surface area contributed by atoms with Crippen LogP contribution >= 0.6 is 0 Å². The zero-order chi connectivity index (χ0) is 17.6. The molecular weight excluding hydrogens is 324 g/mol. The molecule has 0 fully saturated rings. The number of hydrogen-bond donors (Lipinski definition) is 1. The van der Waals surface area contributed by atoms with Gasteiger partial charge in [0.15, 0.2) is 6.61 Å². The third kappa shape index (κ3) is 4.11. The lowest BCUT2D eigenvalue weighted by atomic mass is 10.2. The Morgan fingerprint density at radius 2 is 2.08 bits per heavy atom. The molecule has 25 heavy (non-hydrogen) atoms. The van der Waals surface area contributed by atoms with Crippen molar-refractivity contribution in [3.8, 4) is 11.6 Å². The van der Waals surface area contributed by atoms with Gasteiger partial charge in [-0.2, -0.15) is 4.98 Å². The summed E-state index contributed by atoms with van der Waals surface area (Å²) >= 11 is 0. The van der Waals surface area contributed by atoms with Crippen molar-refractivity contribution in [2.24, 2.45) is 0 Å². The first-order valence-corrected chi connectivity index (χ1v) is 7.48. The highest BCUT2D eigenvalue weighted by Gasteiger charge is 2.14. The average molecular weight is 340 g/mol. The van der Waals surface area contributed by atoms with Crippen molar-refractivity contribution in [2.45, 2.75) is 13.5 Å². The highest BCUT2D eigenvalue weighted by molar-refractivity contribution is 6.06. The van der Waals surface area contributed by atoms with Gasteiger partial charge in [0.2, 0.25) is 17.6 Å². The Kier molecular flexibility index (Phi) is 4.89. The molecule has 1 N–H and O–H groups in total. The molecule has 0 spiro atoms. The van der Waals surface area contributed by atoms with Gasteiger partial charge in [-0.25, -0.2) is 4.98 Å². The predicted octanol–water partition coefficient (Wildman–Crippen LogP) is 2.61. The van der Waals surface area contributed by atoms with Crippen LogP contribution < -0.4 is 14.8 Å². The van der Waals surface area contributed by atoms with E-state index in [0.29, 0.717) is 34.6 Å². The highest BCUT2D eigenvalue weighted by atomic mass is 16.5. The van der Waals surface area contributed by atoms with Gasteiger partial charge in [-0.3, -0.25) is 4.79 Å². The van der Waals surface area contributed by atoms with Crippen molar-refractivity contribution < 1.29 is 18.8 Å². The molecule has 8 nitrogen and oxygen atoms in total. The summed E-state index contributed by atoms with van der Waals surface area (Å²) in [5.74, 6) is 1.44. The summed E-state index contributed by atoms with van der Waals surface area (Å²) in [5.41, 5.74) is 0.938. The second-order valence-corrected chi connectivity index (χ2v) is 5.06. The van der Waals surface area contributed by atoms with Gasteiger partial charge in [-0.15, -0.1) is 0 Å². The van der Waals surface area contributed by atoms with Gasteiger partial charge in [-0.05, 0) is 18.2 Å². The predicted molar refractivity (Wildman–Crippen MR) is 88.6 cm³/mol. The van der Waals surface area contributed by atoms with Gasteiger partial charge in [0.1, 0.15) is 5.75 Å². The molecule has 1 amide bonds. The van der Waals surface area contributed by atoms with E-state index < -0.39 is 0 Å². The van der Waals surface area contributed by atoms with Crippen molar-refractivity contribution in [1.29, 1.82) is 0 Å². The maximum atomic E-state index is 12.5. The number of nitrogens with one attached hydrogen (secondary N) is 1. The summed E-state index contributed by atoms with van der Waals surface area (Å²) in [5, 5.41) is 6.52. The molecule has 0 saturated carbocycles. The summed E-state index contributed by atoms with van der Waals surface area (Å²) in [6.07, 6.45) is 1.52.